The minimum Gasteiger partial charge on any atom is -0.267 e. The summed E-state index contributed by atoms with van der Waals surface area (Å²) in [5.74, 6) is 0.211. The summed E-state index contributed by atoms with van der Waals surface area (Å²) in [6.07, 6.45) is 6.48. The standard InChI is InChI=1S/C18H13N5O/c24-18(22-23-10-8-13-5-1-2-7-16(13)23)14-11-20-17(21-12-14)15-6-3-4-9-19-15/h1-12H,(H,22,24). The number of hydrogen-bond acceptors (Lipinski definition) is 4. The van der Waals surface area contributed by atoms with E-state index in [0.717, 1.165) is 10.9 Å². The molecule has 0 radical (unpaired) electrons. The van der Waals surface area contributed by atoms with E-state index in [2.05, 4.69) is 20.4 Å². The highest BCUT2D eigenvalue weighted by Gasteiger charge is 2.10. The molecular formula is C18H13N5O. The Morgan fingerprint density at radius 2 is 1.71 bits per heavy atom. The van der Waals surface area contributed by atoms with Gasteiger partial charge in [0.25, 0.3) is 5.91 Å². The maximum absolute atomic E-state index is 12.4. The van der Waals surface area contributed by atoms with Crippen LogP contribution in [0.25, 0.3) is 22.4 Å². The maximum Gasteiger partial charge on any atom is 0.273 e. The van der Waals surface area contributed by atoms with Crippen molar-refractivity contribution in [3.63, 3.8) is 0 Å². The highest BCUT2D eigenvalue weighted by molar-refractivity contribution is 6.00. The van der Waals surface area contributed by atoms with E-state index in [-0.39, 0.29) is 5.91 Å². The predicted molar refractivity (Wildman–Crippen MR) is 90.9 cm³/mol. The van der Waals surface area contributed by atoms with Crippen LogP contribution in [0, 0.1) is 0 Å². The Hall–Kier alpha value is -3.54. The fourth-order valence-corrected chi connectivity index (χ4v) is 2.43. The van der Waals surface area contributed by atoms with Crippen LogP contribution in [-0.4, -0.2) is 25.5 Å². The van der Waals surface area contributed by atoms with Gasteiger partial charge in [-0.15, -0.1) is 0 Å². The van der Waals surface area contributed by atoms with Gasteiger partial charge in [0.1, 0.15) is 5.69 Å². The van der Waals surface area contributed by atoms with Gasteiger partial charge in [-0.3, -0.25) is 19.9 Å². The van der Waals surface area contributed by atoms with Crippen molar-refractivity contribution in [2.45, 2.75) is 0 Å². The van der Waals surface area contributed by atoms with Crippen molar-refractivity contribution in [1.82, 2.24) is 19.6 Å². The topological polar surface area (TPSA) is 72.7 Å². The van der Waals surface area contributed by atoms with Crippen molar-refractivity contribution in [1.29, 1.82) is 0 Å². The first kappa shape index (κ1) is 14.1. The number of fused-ring (bicyclic) bond motifs is 1. The molecule has 1 amide bonds. The Morgan fingerprint density at radius 1 is 0.917 bits per heavy atom. The number of nitrogens with zero attached hydrogens (tertiary/aromatic N) is 4. The second-order valence-corrected chi connectivity index (χ2v) is 5.20. The molecule has 0 bridgehead atoms. The van der Waals surface area contributed by atoms with E-state index in [1.54, 1.807) is 10.9 Å². The van der Waals surface area contributed by atoms with Crippen molar-refractivity contribution < 1.29 is 4.79 Å². The molecule has 0 saturated carbocycles. The number of carbonyl (C=O) groups excluding carboxylic acids is 1. The number of pyridine rings is 1. The zero-order chi connectivity index (χ0) is 16.4. The third-order valence-electron chi connectivity index (χ3n) is 3.63. The number of rotatable bonds is 3. The van der Waals surface area contributed by atoms with Crippen molar-refractivity contribution in [3.8, 4) is 11.5 Å². The molecule has 4 aromatic rings. The Kier molecular flexibility index (Phi) is 3.47. The first-order chi connectivity index (χ1) is 11.8. The van der Waals surface area contributed by atoms with Crippen molar-refractivity contribution >= 4 is 16.8 Å². The number of nitrogens with one attached hydrogen (secondary N) is 1. The molecule has 24 heavy (non-hydrogen) atoms. The largest absolute Gasteiger partial charge is 0.273 e. The second kappa shape index (κ2) is 5.92. The summed E-state index contributed by atoms with van der Waals surface area (Å²) in [7, 11) is 0. The highest BCUT2D eigenvalue weighted by atomic mass is 16.2. The Bertz CT molecular complexity index is 993. The van der Waals surface area contributed by atoms with Crippen LogP contribution in [0.2, 0.25) is 0 Å². The molecule has 0 spiro atoms. The third-order valence-corrected chi connectivity index (χ3v) is 3.63. The maximum atomic E-state index is 12.4. The molecule has 1 N–H and O–H groups in total. The Labute approximate surface area is 137 Å². The smallest absolute Gasteiger partial charge is 0.267 e. The summed E-state index contributed by atoms with van der Waals surface area (Å²) in [5, 5.41) is 1.06. The summed E-state index contributed by atoms with van der Waals surface area (Å²) in [5.41, 5.74) is 4.80. The van der Waals surface area contributed by atoms with Crippen LogP contribution in [-0.2, 0) is 0 Å². The molecule has 0 saturated heterocycles. The number of amides is 1. The fourth-order valence-electron chi connectivity index (χ4n) is 2.43. The molecule has 0 fully saturated rings. The lowest BCUT2D eigenvalue weighted by molar-refractivity contribution is 0.101. The van der Waals surface area contributed by atoms with E-state index in [4.69, 9.17) is 0 Å². The van der Waals surface area contributed by atoms with Crippen LogP contribution >= 0.6 is 0 Å². The van der Waals surface area contributed by atoms with E-state index in [9.17, 15) is 4.79 Å². The van der Waals surface area contributed by atoms with Gasteiger partial charge in [0.05, 0.1) is 11.1 Å². The van der Waals surface area contributed by atoms with Gasteiger partial charge in [0.2, 0.25) is 0 Å². The Balaban J connectivity index is 1.56. The molecule has 0 unspecified atom stereocenters. The zero-order valence-electron chi connectivity index (χ0n) is 12.6. The van der Waals surface area contributed by atoms with Crippen LogP contribution in [0.1, 0.15) is 10.4 Å². The normalized spacial score (nSPS) is 10.7. The molecule has 6 nitrogen and oxygen atoms in total. The molecule has 0 atom stereocenters. The van der Waals surface area contributed by atoms with Crippen LogP contribution in [0.15, 0.2) is 73.3 Å². The summed E-state index contributed by atoms with van der Waals surface area (Å²) < 4.78 is 1.68. The van der Waals surface area contributed by atoms with E-state index in [1.165, 1.54) is 12.4 Å². The summed E-state index contributed by atoms with van der Waals surface area (Å²) in [6, 6.07) is 15.3. The SMILES string of the molecule is O=C(Nn1ccc2ccccc21)c1cnc(-c2ccccn2)nc1. The quantitative estimate of drug-likeness (QED) is 0.631. The Morgan fingerprint density at radius 3 is 2.50 bits per heavy atom. The molecule has 0 aliphatic heterocycles. The molecule has 4 rings (SSSR count). The van der Waals surface area contributed by atoms with Crippen molar-refractivity contribution in [2.24, 2.45) is 0 Å². The minimum atomic E-state index is -0.274. The van der Waals surface area contributed by atoms with Crippen LogP contribution in [0.4, 0.5) is 0 Å². The zero-order valence-corrected chi connectivity index (χ0v) is 12.6. The molecule has 3 heterocycles. The first-order valence-electron chi connectivity index (χ1n) is 7.42. The van der Waals surface area contributed by atoms with Gasteiger partial charge >= 0.3 is 0 Å². The van der Waals surface area contributed by atoms with E-state index in [0.29, 0.717) is 17.1 Å². The van der Waals surface area contributed by atoms with Crippen LogP contribution in [0.3, 0.4) is 0 Å². The number of para-hydroxylation sites is 1. The van der Waals surface area contributed by atoms with E-state index < -0.39 is 0 Å². The van der Waals surface area contributed by atoms with Crippen molar-refractivity contribution in [3.05, 3.63) is 78.9 Å². The molecule has 116 valence electrons. The lowest BCUT2D eigenvalue weighted by Crippen LogP contribution is -2.22. The fraction of sp³-hybridized carbons (Fsp3) is 0. The second-order valence-electron chi connectivity index (χ2n) is 5.20. The number of carbonyl (C=O) groups is 1. The first-order valence-corrected chi connectivity index (χ1v) is 7.42. The van der Waals surface area contributed by atoms with Crippen LogP contribution in [0.5, 0.6) is 0 Å². The number of benzene rings is 1. The average molecular weight is 315 g/mol. The van der Waals surface area contributed by atoms with E-state index >= 15 is 0 Å². The molecule has 3 aromatic heterocycles. The van der Waals surface area contributed by atoms with Crippen LogP contribution < -0.4 is 5.43 Å². The van der Waals surface area contributed by atoms with Gasteiger partial charge in [-0.2, -0.15) is 0 Å². The van der Waals surface area contributed by atoms with E-state index in [1.807, 2.05) is 54.7 Å². The molecular weight excluding hydrogens is 302 g/mol. The number of aromatic nitrogens is 4. The highest BCUT2D eigenvalue weighted by Crippen LogP contribution is 2.14. The van der Waals surface area contributed by atoms with Gasteiger partial charge in [0.15, 0.2) is 5.82 Å². The predicted octanol–water partition coefficient (Wildman–Crippen LogP) is 2.88. The van der Waals surface area contributed by atoms with Gasteiger partial charge in [-0.25, -0.2) is 9.97 Å². The van der Waals surface area contributed by atoms with Gasteiger partial charge in [-0.05, 0) is 24.3 Å². The summed E-state index contributed by atoms with van der Waals surface area (Å²) >= 11 is 0. The van der Waals surface area contributed by atoms with Gasteiger partial charge in [0, 0.05) is 30.2 Å². The molecule has 6 heteroatoms. The lowest BCUT2D eigenvalue weighted by Gasteiger charge is -2.08. The number of hydrogen-bond donors (Lipinski definition) is 1. The molecule has 0 aliphatic rings. The van der Waals surface area contributed by atoms with Gasteiger partial charge < -0.3 is 0 Å². The molecule has 1 aromatic carbocycles. The third kappa shape index (κ3) is 2.61. The molecule has 0 aliphatic carbocycles. The monoisotopic (exact) mass is 315 g/mol. The summed E-state index contributed by atoms with van der Waals surface area (Å²) in [4.78, 5) is 25.0. The van der Waals surface area contributed by atoms with Crippen molar-refractivity contribution in [2.75, 3.05) is 5.43 Å². The lowest BCUT2D eigenvalue weighted by atomic mass is 10.2. The minimum absolute atomic E-state index is 0.274. The average Bonchev–Trinajstić information content (AvgIpc) is 3.06. The summed E-state index contributed by atoms with van der Waals surface area (Å²) in [6.45, 7) is 0. The van der Waals surface area contributed by atoms with Gasteiger partial charge in [-0.1, -0.05) is 24.3 Å².